The van der Waals surface area contributed by atoms with Gasteiger partial charge in [0.1, 0.15) is 6.04 Å². The predicted molar refractivity (Wildman–Crippen MR) is 132 cm³/mol. The third-order valence-electron chi connectivity index (χ3n) is 8.49. The van der Waals surface area contributed by atoms with Crippen molar-refractivity contribution in [2.24, 2.45) is 35.5 Å². The van der Waals surface area contributed by atoms with Crippen molar-refractivity contribution in [2.45, 2.75) is 55.8 Å². The number of fused-ring (bicyclic) bond motifs is 9. The summed E-state index contributed by atoms with van der Waals surface area (Å²) in [6.07, 6.45) is 1.06. The number of rotatable bonds is 5. The zero-order valence-corrected chi connectivity index (χ0v) is 21.4. The van der Waals surface area contributed by atoms with Crippen molar-refractivity contribution in [3.8, 4) is 0 Å². The van der Waals surface area contributed by atoms with Crippen LogP contribution in [-0.4, -0.2) is 44.1 Å². The van der Waals surface area contributed by atoms with Crippen molar-refractivity contribution in [3.05, 3.63) is 49.9 Å². The van der Waals surface area contributed by atoms with Crippen LogP contribution >= 0.6 is 23.1 Å². The maximum Gasteiger partial charge on any atom is 0.326 e. The Hall–Kier alpha value is -2.39. The molecule has 184 valence electrons. The number of amides is 2. The first-order valence-corrected chi connectivity index (χ1v) is 13.9. The summed E-state index contributed by atoms with van der Waals surface area (Å²) in [5.74, 6) is -2.50. The van der Waals surface area contributed by atoms with Gasteiger partial charge >= 0.3 is 10.8 Å². The van der Waals surface area contributed by atoms with Crippen LogP contribution in [-0.2, 0) is 14.4 Å². The fourth-order valence-corrected chi connectivity index (χ4v) is 10.1. The summed E-state index contributed by atoms with van der Waals surface area (Å²) in [6.45, 7) is 5.85. The third kappa shape index (κ3) is 3.30. The molecule has 1 aromatic heterocycles. The molecule has 4 aliphatic rings. The summed E-state index contributed by atoms with van der Waals surface area (Å²) in [4.78, 5) is 56.8. The highest BCUT2D eigenvalue weighted by molar-refractivity contribution is 8.00. The van der Waals surface area contributed by atoms with Gasteiger partial charge in [0.25, 0.3) is 0 Å². The summed E-state index contributed by atoms with van der Waals surface area (Å²) >= 11 is 2.89. The first kappa shape index (κ1) is 23.0. The molecular formula is C26H28N2O5S2. The molecule has 2 saturated carbocycles. The number of carbonyl (C=O) groups is 3. The number of aryl methyl sites for hydroxylation is 1. The molecule has 2 N–H and O–H groups in total. The number of nitrogens with one attached hydrogen (secondary N) is 1. The lowest BCUT2D eigenvalue weighted by Gasteiger charge is -2.43. The maximum absolute atomic E-state index is 13.7. The number of nitrogens with zero attached hydrogens (tertiary/aromatic N) is 1. The van der Waals surface area contributed by atoms with Crippen LogP contribution in [0.4, 0.5) is 0 Å². The molecule has 2 aliphatic heterocycles. The Morgan fingerprint density at radius 2 is 1.77 bits per heavy atom. The molecule has 2 aromatic rings. The largest absolute Gasteiger partial charge is 0.480 e. The summed E-state index contributed by atoms with van der Waals surface area (Å²) in [7, 11) is 0. The molecule has 1 saturated heterocycles. The second kappa shape index (κ2) is 8.06. The second-order valence-electron chi connectivity index (χ2n) is 10.9. The van der Waals surface area contributed by atoms with Crippen molar-refractivity contribution in [3.63, 3.8) is 0 Å². The van der Waals surface area contributed by atoms with Crippen LogP contribution < -0.4 is 4.87 Å². The molecule has 35 heavy (non-hydrogen) atoms. The Kier molecular flexibility index (Phi) is 5.31. The molecule has 2 bridgehead atoms. The van der Waals surface area contributed by atoms with Gasteiger partial charge in [-0.2, -0.15) is 0 Å². The van der Waals surface area contributed by atoms with E-state index in [0.717, 1.165) is 32.4 Å². The summed E-state index contributed by atoms with van der Waals surface area (Å²) in [5.41, 5.74) is 2.28. The Balaban J connectivity index is 1.42. The Morgan fingerprint density at radius 1 is 1.11 bits per heavy atom. The van der Waals surface area contributed by atoms with E-state index in [0.29, 0.717) is 0 Å². The monoisotopic (exact) mass is 512 g/mol. The predicted octanol–water partition coefficient (Wildman–Crippen LogP) is 3.72. The van der Waals surface area contributed by atoms with Crippen LogP contribution in [0.25, 0.3) is 0 Å². The van der Waals surface area contributed by atoms with E-state index in [9.17, 15) is 24.3 Å². The van der Waals surface area contributed by atoms with Gasteiger partial charge in [-0.05, 0) is 49.0 Å². The van der Waals surface area contributed by atoms with Crippen molar-refractivity contribution >= 4 is 40.9 Å². The number of benzene rings is 1. The standard InChI is InChI=1S/C26H28N2O5S2/c1-10(2)8-15(25(31)32)28-23(29)18-13-9-14(19(18)24(28)30)20-17(13)16(12-6-4-11(3)5-7-12)21-22(34-20)27-26(33)35-21/h4-7,10,13-20H,8-9H2,1-3H3,(H,27,33)(H,31,32)/t13-,14+,15-,16+,17+,18+,19+,20-/m0/s1. The zero-order chi connectivity index (χ0) is 24.8. The lowest BCUT2D eigenvalue weighted by Crippen LogP contribution is -2.47. The lowest BCUT2D eigenvalue weighted by molar-refractivity contribution is -0.156. The first-order valence-electron chi connectivity index (χ1n) is 12.2. The van der Waals surface area contributed by atoms with E-state index >= 15 is 0 Å². The third-order valence-corrected chi connectivity index (χ3v) is 11.1. The van der Waals surface area contributed by atoms with Gasteiger partial charge in [0, 0.05) is 16.0 Å². The van der Waals surface area contributed by atoms with Crippen LogP contribution in [0.3, 0.4) is 0 Å². The highest BCUT2D eigenvalue weighted by Crippen LogP contribution is 2.68. The molecule has 9 heteroatoms. The first-order chi connectivity index (χ1) is 16.7. The van der Waals surface area contributed by atoms with Crippen LogP contribution in [0.1, 0.15) is 48.6 Å². The fourth-order valence-electron chi connectivity index (χ4n) is 7.26. The number of carboxylic acids is 1. The van der Waals surface area contributed by atoms with Crippen molar-refractivity contribution in [1.29, 1.82) is 0 Å². The average Bonchev–Trinajstić information content (AvgIpc) is 3.52. The highest BCUT2D eigenvalue weighted by Gasteiger charge is 2.70. The van der Waals surface area contributed by atoms with Gasteiger partial charge < -0.3 is 10.1 Å². The van der Waals surface area contributed by atoms with Crippen molar-refractivity contribution in [2.75, 3.05) is 0 Å². The van der Waals surface area contributed by atoms with E-state index in [2.05, 4.69) is 29.2 Å². The van der Waals surface area contributed by atoms with Gasteiger partial charge in [-0.25, -0.2) is 4.79 Å². The number of aliphatic carboxylic acids is 1. The van der Waals surface area contributed by atoms with Gasteiger partial charge in [0.05, 0.1) is 16.9 Å². The maximum atomic E-state index is 13.7. The normalized spacial score (nSPS) is 33.7. The Bertz CT molecular complexity index is 1280. The molecular weight excluding hydrogens is 484 g/mol. The minimum Gasteiger partial charge on any atom is -0.480 e. The lowest BCUT2D eigenvalue weighted by atomic mass is 9.68. The quantitative estimate of drug-likeness (QED) is 0.592. The molecule has 8 atom stereocenters. The smallest absolute Gasteiger partial charge is 0.326 e. The zero-order valence-electron chi connectivity index (χ0n) is 19.8. The molecule has 1 aromatic carbocycles. The number of aromatic nitrogens is 1. The molecule has 0 spiro atoms. The van der Waals surface area contributed by atoms with Gasteiger partial charge in [-0.15, -0.1) is 11.8 Å². The van der Waals surface area contributed by atoms with Crippen LogP contribution in [0.5, 0.6) is 0 Å². The number of imide groups is 1. The minimum atomic E-state index is -1.11. The molecule has 3 heterocycles. The fraction of sp³-hybridized carbons (Fsp3) is 0.538. The minimum absolute atomic E-state index is 0.000514. The second-order valence-corrected chi connectivity index (χ2v) is 13.1. The molecule has 7 nitrogen and oxygen atoms in total. The number of aromatic amines is 1. The molecule has 6 rings (SSSR count). The number of hydrogen-bond acceptors (Lipinski definition) is 6. The number of thioether (sulfide) groups is 1. The molecule has 0 radical (unpaired) electrons. The Morgan fingerprint density at radius 3 is 2.40 bits per heavy atom. The molecule has 3 fully saturated rings. The van der Waals surface area contributed by atoms with Gasteiger partial charge in [0.15, 0.2) is 0 Å². The van der Waals surface area contributed by atoms with E-state index < -0.39 is 23.8 Å². The van der Waals surface area contributed by atoms with Crippen LogP contribution in [0.15, 0.2) is 34.1 Å². The van der Waals surface area contributed by atoms with E-state index in [4.69, 9.17) is 0 Å². The number of hydrogen-bond donors (Lipinski definition) is 2. The van der Waals surface area contributed by atoms with Crippen LogP contribution in [0, 0.1) is 42.4 Å². The van der Waals surface area contributed by atoms with Gasteiger partial charge in [-0.3, -0.25) is 19.3 Å². The van der Waals surface area contributed by atoms with Crippen molar-refractivity contribution < 1.29 is 19.5 Å². The number of carbonyl (C=O) groups excluding carboxylic acids is 2. The topological polar surface area (TPSA) is 108 Å². The number of carboxylic acid groups (broad SMARTS) is 1. The number of likely N-dealkylation sites (tertiary alicyclic amines) is 1. The number of H-pyrrole nitrogens is 1. The van der Waals surface area contributed by atoms with E-state index in [1.54, 1.807) is 11.8 Å². The van der Waals surface area contributed by atoms with Crippen molar-refractivity contribution in [1.82, 2.24) is 9.88 Å². The van der Waals surface area contributed by atoms with Crippen LogP contribution in [0.2, 0.25) is 0 Å². The van der Waals surface area contributed by atoms with E-state index in [1.807, 2.05) is 20.8 Å². The molecule has 2 aliphatic carbocycles. The van der Waals surface area contributed by atoms with Gasteiger partial charge in [0.2, 0.25) is 11.8 Å². The molecule has 0 unspecified atom stereocenters. The summed E-state index contributed by atoms with van der Waals surface area (Å²) < 4.78 is 0. The Labute approximate surface area is 211 Å². The summed E-state index contributed by atoms with van der Waals surface area (Å²) in [5, 5.41) is 10.9. The highest BCUT2D eigenvalue weighted by atomic mass is 32.2. The number of thiazole rings is 1. The van der Waals surface area contributed by atoms with Gasteiger partial charge in [-0.1, -0.05) is 55.0 Å². The summed E-state index contributed by atoms with van der Waals surface area (Å²) in [6, 6.07) is 7.27. The molecule has 2 amide bonds. The van der Waals surface area contributed by atoms with E-state index in [-0.39, 0.29) is 57.9 Å². The van der Waals surface area contributed by atoms with E-state index in [1.165, 1.54) is 11.3 Å². The average molecular weight is 513 g/mol. The SMILES string of the molecule is Cc1ccc([C@H]2c3sc(=O)[nH]c3S[C@H]3[C@@H]4C[C@H]([C@H]5C(=O)N([C@@H](CC(C)C)C(=O)O)C(=O)[C@H]45)[C@H]23)cc1.